The minimum atomic E-state index is 0.220. The third-order valence-electron chi connectivity index (χ3n) is 3.24. The monoisotopic (exact) mass is 271 g/mol. The number of nitrogens with zero attached hydrogens (tertiary/aromatic N) is 2. The second kappa shape index (κ2) is 5.67. The summed E-state index contributed by atoms with van der Waals surface area (Å²) < 4.78 is 3.97. The first-order valence-corrected chi connectivity index (χ1v) is 6.84. The van der Waals surface area contributed by atoms with E-state index in [0.717, 1.165) is 30.7 Å². The van der Waals surface area contributed by atoms with E-state index >= 15 is 0 Å². The Morgan fingerprint density at radius 1 is 1.59 bits per heavy atom. The summed E-state index contributed by atoms with van der Waals surface area (Å²) in [5, 5.41) is 22.4. The second-order valence-electron chi connectivity index (χ2n) is 4.24. The fourth-order valence-corrected chi connectivity index (χ4v) is 3.37. The van der Waals surface area contributed by atoms with Gasteiger partial charge < -0.3 is 10.4 Å². The zero-order chi connectivity index (χ0) is 12.3. The summed E-state index contributed by atoms with van der Waals surface area (Å²) >= 11 is 7.05. The van der Waals surface area contributed by atoms with Crippen LogP contribution in [0.3, 0.4) is 0 Å². The molecule has 1 aliphatic carbocycles. The van der Waals surface area contributed by atoms with E-state index in [1.54, 1.807) is 0 Å². The predicted octanol–water partition coefficient (Wildman–Crippen LogP) is 2.63. The molecule has 1 heterocycles. The quantitative estimate of drug-likeness (QED) is 0.883. The normalized spacial score (nSPS) is 23.6. The molecule has 0 aliphatic heterocycles. The predicted molar refractivity (Wildman–Crippen MR) is 68.3 cm³/mol. The van der Waals surface area contributed by atoms with Gasteiger partial charge in [0.2, 0.25) is 0 Å². The zero-order valence-corrected chi connectivity index (χ0v) is 10.9. The van der Waals surface area contributed by atoms with Crippen LogP contribution in [0.1, 0.15) is 31.2 Å². The lowest BCUT2D eigenvalue weighted by Gasteiger charge is -2.20. The first kappa shape index (κ1) is 12.6. The highest BCUT2D eigenvalue weighted by atomic mass is 35.5. The van der Waals surface area contributed by atoms with Crippen molar-refractivity contribution >= 4 is 28.1 Å². The topological polar surface area (TPSA) is 68.9 Å². The van der Waals surface area contributed by atoms with Gasteiger partial charge in [0.15, 0.2) is 5.15 Å². The molecule has 17 heavy (non-hydrogen) atoms. The summed E-state index contributed by atoms with van der Waals surface area (Å²) in [6.45, 7) is 0.220. The first-order chi connectivity index (χ1) is 8.26. The molecule has 1 fully saturated rings. The van der Waals surface area contributed by atoms with Crippen LogP contribution in [0.25, 0.3) is 0 Å². The SMILES string of the molecule is N#Cc1c(Cl)nsc1NC1CCCC1CCO. The van der Waals surface area contributed by atoms with Gasteiger partial charge in [0.1, 0.15) is 16.6 Å². The standard InChI is InChI=1S/C11H14ClN3OS/c12-10-8(6-13)11(17-15-10)14-9-3-1-2-7(9)4-5-16/h7,9,14,16H,1-5H2. The Bertz CT molecular complexity index is 429. The molecular weight excluding hydrogens is 258 g/mol. The first-order valence-electron chi connectivity index (χ1n) is 5.69. The number of nitriles is 1. The van der Waals surface area contributed by atoms with Crippen molar-refractivity contribution < 1.29 is 5.11 Å². The molecule has 1 aromatic rings. The fraction of sp³-hybridized carbons (Fsp3) is 0.636. The number of hydrogen-bond acceptors (Lipinski definition) is 5. The maximum Gasteiger partial charge on any atom is 0.162 e. The highest BCUT2D eigenvalue weighted by Gasteiger charge is 2.28. The molecule has 2 N–H and O–H groups in total. The van der Waals surface area contributed by atoms with Crippen LogP contribution < -0.4 is 5.32 Å². The number of rotatable bonds is 4. The van der Waals surface area contributed by atoms with E-state index in [1.807, 2.05) is 0 Å². The van der Waals surface area contributed by atoms with E-state index in [0.29, 0.717) is 17.5 Å². The third-order valence-corrected chi connectivity index (χ3v) is 4.39. The molecule has 0 amide bonds. The summed E-state index contributed by atoms with van der Waals surface area (Å²) in [5.41, 5.74) is 0.436. The van der Waals surface area contributed by atoms with Crippen molar-refractivity contribution in [1.82, 2.24) is 4.37 Å². The Labute approximate surface area is 109 Å². The summed E-state index contributed by atoms with van der Waals surface area (Å²) in [4.78, 5) is 0. The molecule has 1 saturated carbocycles. The van der Waals surface area contributed by atoms with E-state index in [2.05, 4.69) is 15.8 Å². The Balaban J connectivity index is 2.07. The molecular formula is C11H14ClN3OS. The molecule has 0 radical (unpaired) electrons. The summed E-state index contributed by atoms with van der Waals surface area (Å²) in [6, 6.07) is 2.39. The van der Waals surface area contributed by atoms with Crippen molar-refractivity contribution in [3.05, 3.63) is 10.7 Å². The molecule has 0 saturated heterocycles. The number of aromatic nitrogens is 1. The molecule has 1 aromatic heterocycles. The van der Waals surface area contributed by atoms with Crippen molar-refractivity contribution in [2.45, 2.75) is 31.7 Å². The Kier molecular flexibility index (Phi) is 4.21. The summed E-state index contributed by atoms with van der Waals surface area (Å²) in [6.07, 6.45) is 4.18. The van der Waals surface area contributed by atoms with Crippen LogP contribution in [-0.2, 0) is 0 Å². The van der Waals surface area contributed by atoms with Gasteiger partial charge in [-0.25, -0.2) is 0 Å². The second-order valence-corrected chi connectivity index (χ2v) is 5.37. The van der Waals surface area contributed by atoms with Crippen molar-refractivity contribution in [2.24, 2.45) is 5.92 Å². The van der Waals surface area contributed by atoms with E-state index in [9.17, 15) is 0 Å². The lowest BCUT2D eigenvalue weighted by atomic mass is 10.00. The molecule has 6 heteroatoms. The molecule has 4 nitrogen and oxygen atoms in total. The van der Waals surface area contributed by atoms with Gasteiger partial charge in [-0.05, 0) is 36.7 Å². The fourth-order valence-electron chi connectivity index (χ4n) is 2.37. The van der Waals surface area contributed by atoms with Crippen molar-refractivity contribution in [2.75, 3.05) is 11.9 Å². The minimum Gasteiger partial charge on any atom is -0.396 e. The lowest BCUT2D eigenvalue weighted by molar-refractivity contribution is 0.254. The van der Waals surface area contributed by atoms with Crippen LogP contribution in [0.2, 0.25) is 5.15 Å². The van der Waals surface area contributed by atoms with Gasteiger partial charge in [-0.3, -0.25) is 0 Å². The zero-order valence-electron chi connectivity index (χ0n) is 9.32. The molecule has 0 aromatic carbocycles. The highest BCUT2D eigenvalue weighted by molar-refractivity contribution is 7.10. The van der Waals surface area contributed by atoms with Crippen LogP contribution in [0, 0.1) is 17.2 Å². The van der Waals surface area contributed by atoms with Crippen LogP contribution >= 0.6 is 23.1 Å². The minimum absolute atomic E-state index is 0.220. The molecule has 2 atom stereocenters. The summed E-state index contributed by atoms with van der Waals surface area (Å²) in [5.74, 6) is 0.479. The Morgan fingerprint density at radius 2 is 2.41 bits per heavy atom. The van der Waals surface area contributed by atoms with E-state index in [1.165, 1.54) is 11.5 Å². The van der Waals surface area contributed by atoms with E-state index < -0.39 is 0 Å². The molecule has 92 valence electrons. The number of hydrogen-bond donors (Lipinski definition) is 2. The van der Waals surface area contributed by atoms with Gasteiger partial charge in [-0.15, -0.1) is 0 Å². The largest absolute Gasteiger partial charge is 0.396 e. The average Bonchev–Trinajstić information content (AvgIpc) is 2.88. The van der Waals surface area contributed by atoms with Crippen LogP contribution in [0.5, 0.6) is 0 Å². The number of anilines is 1. The molecule has 0 bridgehead atoms. The number of halogens is 1. The van der Waals surface area contributed by atoms with Gasteiger partial charge in [0.25, 0.3) is 0 Å². The van der Waals surface area contributed by atoms with Gasteiger partial charge in [-0.2, -0.15) is 9.64 Å². The van der Waals surface area contributed by atoms with E-state index in [-0.39, 0.29) is 11.8 Å². The van der Waals surface area contributed by atoms with Gasteiger partial charge >= 0.3 is 0 Å². The summed E-state index contributed by atoms with van der Waals surface area (Å²) in [7, 11) is 0. The van der Waals surface area contributed by atoms with E-state index in [4.69, 9.17) is 22.0 Å². The molecule has 1 aliphatic rings. The molecule has 2 rings (SSSR count). The van der Waals surface area contributed by atoms with Crippen LogP contribution in [0.15, 0.2) is 0 Å². The Hall–Kier alpha value is -0.830. The maximum atomic E-state index is 9.00. The molecule has 0 spiro atoms. The average molecular weight is 272 g/mol. The van der Waals surface area contributed by atoms with Crippen LogP contribution in [0.4, 0.5) is 5.00 Å². The van der Waals surface area contributed by atoms with Crippen molar-refractivity contribution in [1.29, 1.82) is 5.26 Å². The lowest BCUT2D eigenvalue weighted by Crippen LogP contribution is -2.24. The highest BCUT2D eigenvalue weighted by Crippen LogP contribution is 2.34. The van der Waals surface area contributed by atoms with Gasteiger partial charge in [0.05, 0.1) is 0 Å². The maximum absolute atomic E-state index is 9.00. The number of nitrogens with one attached hydrogen (secondary N) is 1. The van der Waals surface area contributed by atoms with Crippen molar-refractivity contribution in [3.63, 3.8) is 0 Å². The number of aliphatic hydroxyl groups is 1. The molecule has 2 unspecified atom stereocenters. The Morgan fingerprint density at radius 3 is 3.12 bits per heavy atom. The smallest absolute Gasteiger partial charge is 0.162 e. The van der Waals surface area contributed by atoms with Gasteiger partial charge in [0, 0.05) is 12.6 Å². The number of aliphatic hydroxyl groups excluding tert-OH is 1. The van der Waals surface area contributed by atoms with Gasteiger partial charge in [-0.1, -0.05) is 18.0 Å². The third kappa shape index (κ3) is 2.71. The van der Waals surface area contributed by atoms with Crippen LogP contribution in [-0.4, -0.2) is 22.1 Å². The van der Waals surface area contributed by atoms with Crippen molar-refractivity contribution in [3.8, 4) is 6.07 Å².